The van der Waals surface area contributed by atoms with Crippen molar-refractivity contribution in [1.29, 1.82) is 0 Å². The molecule has 0 aliphatic carbocycles. The monoisotopic (exact) mass is 263 g/mol. The molecule has 1 fully saturated rings. The van der Waals surface area contributed by atoms with Crippen LogP contribution in [0.15, 0.2) is 0 Å². The fourth-order valence-electron chi connectivity index (χ4n) is 1.80. The van der Waals surface area contributed by atoms with Crippen LogP contribution in [0.5, 0.6) is 0 Å². The first kappa shape index (κ1) is 16.2. The van der Waals surface area contributed by atoms with Crippen LogP contribution >= 0.6 is 12.4 Å². The van der Waals surface area contributed by atoms with Gasteiger partial charge in [-0.25, -0.2) is 0 Å². The normalized spacial score (nSPS) is 17.7. The van der Waals surface area contributed by atoms with Crippen molar-refractivity contribution in [3.05, 3.63) is 0 Å². The van der Waals surface area contributed by atoms with E-state index >= 15 is 0 Å². The summed E-state index contributed by atoms with van der Waals surface area (Å²) >= 11 is 0. The largest absolute Gasteiger partial charge is 0.339 e. The number of carbonyl (C=O) groups excluding carboxylic acids is 2. The van der Waals surface area contributed by atoms with Gasteiger partial charge in [0.2, 0.25) is 11.8 Å². The van der Waals surface area contributed by atoms with E-state index in [1.54, 1.807) is 11.8 Å². The third-order valence-corrected chi connectivity index (χ3v) is 2.79. The number of piperazine rings is 1. The summed E-state index contributed by atoms with van der Waals surface area (Å²) in [5.41, 5.74) is 5.54. The predicted molar refractivity (Wildman–Crippen MR) is 68.9 cm³/mol. The van der Waals surface area contributed by atoms with Gasteiger partial charge in [0.1, 0.15) is 0 Å². The molecule has 1 rings (SSSR count). The quantitative estimate of drug-likeness (QED) is 0.767. The zero-order valence-electron chi connectivity index (χ0n) is 10.7. The second-order valence-electron chi connectivity index (χ2n) is 4.59. The molecule has 1 aliphatic heterocycles. The van der Waals surface area contributed by atoms with Gasteiger partial charge in [0.15, 0.2) is 0 Å². The van der Waals surface area contributed by atoms with Gasteiger partial charge >= 0.3 is 0 Å². The highest BCUT2D eigenvalue weighted by molar-refractivity contribution is 5.85. The average molecular weight is 264 g/mol. The van der Waals surface area contributed by atoms with E-state index in [4.69, 9.17) is 5.73 Å². The Morgan fingerprint density at radius 3 is 1.59 bits per heavy atom. The fraction of sp³-hybridized carbons (Fsp3) is 0.818. The van der Waals surface area contributed by atoms with Crippen LogP contribution in [0.3, 0.4) is 0 Å². The van der Waals surface area contributed by atoms with Crippen molar-refractivity contribution in [2.24, 2.45) is 11.7 Å². The summed E-state index contributed by atoms with van der Waals surface area (Å²) < 4.78 is 0. The summed E-state index contributed by atoms with van der Waals surface area (Å²) in [4.78, 5) is 26.9. The van der Waals surface area contributed by atoms with Crippen molar-refractivity contribution >= 4 is 24.2 Å². The van der Waals surface area contributed by atoms with E-state index in [9.17, 15) is 9.59 Å². The number of carbonyl (C=O) groups is 2. The minimum absolute atomic E-state index is 0. The summed E-state index contributed by atoms with van der Waals surface area (Å²) in [6.45, 7) is 7.90. The minimum Gasteiger partial charge on any atom is -0.339 e. The van der Waals surface area contributed by atoms with Crippen LogP contribution in [0.2, 0.25) is 0 Å². The lowest BCUT2D eigenvalue weighted by atomic mass is 10.1. The Kier molecular flexibility index (Phi) is 6.49. The van der Waals surface area contributed by atoms with Gasteiger partial charge in [0.25, 0.3) is 0 Å². The molecule has 6 heteroatoms. The molecule has 0 aromatic heterocycles. The van der Waals surface area contributed by atoms with Gasteiger partial charge in [0, 0.05) is 32.1 Å². The molecule has 2 N–H and O–H groups in total. The van der Waals surface area contributed by atoms with Crippen LogP contribution in [-0.4, -0.2) is 53.8 Å². The number of amides is 2. The SMILES string of the molecule is CC(C)C(=O)N1CCN(C(=O)[C@@H](C)N)CC1.Cl. The van der Waals surface area contributed by atoms with Crippen LogP contribution < -0.4 is 5.73 Å². The van der Waals surface area contributed by atoms with Crippen LogP contribution in [0.4, 0.5) is 0 Å². The highest BCUT2D eigenvalue weighted by Crippen LogP contribution is 2.07. The fourth-order valence-corrected chi connectivity index (χ4v) is 1.80. The average Bonchev–Trinajstić information content (AvgIpc) is 2.27. The van der Waals surface area contributed by atoms with Crippen LogP contribution in [0, 0.1) is 5.92 Å². The molecular formula is C11H22ClN3O2. The maximum atomic E-state index is 11.7. The first-order valence-corrected chi connectivity index (χ1v) is 5.76. The molecule has 0 unspecified atom stereocenters. The molecule has 2 amide bonds. The molecule has 17 heavy (non-hydrogen) atoms. The number of nitrogens with two attached hydrogens (primary N) is 1. The van der Waals surface area contributed by atoms with Crippen LogP contribution in [-0.2, 0) is 9.59 Å². The van der Waals surface area contributed by atoms with E-state index in [1.807, 2.05) is 18.7 Å². The molecule has 0 aromatic carbocycles. The summed E-state index contributed by atoms with van der Waals surface area (Å²) in [5, 5.41) is 0. The third-order valence-electron chi connectivity index (χ3n) is 2.79. The van der Waals surface area contributed by atoms with E-state index in [1.165, 1.54) is 0 Å². The predicted octanol–water partition coefficient (Wildman–Crippen LogP) is 0.0822. The molecule has 0 saturated carbocycles. The maximum absolute atomic E-state index is 11.7. The first-order chi connectivity index (χ1) is 7.43. The van der Waals surface area contributed by atoms with Gasteiger partial charge in [-0.2, -0.15) is 0 Å². The molecule has 0 radical (unpaired) electrons. The number of rotatable bonds is 2. The smallest absolute Gasteiger partial charge is 0.239 e. The summed E-state index contributed by atoms with van der Waals surface area (Å²) in [6.07, 6.45) is 0. The maximum Gasteiger partial charge on any atom is 0.239 e. The van der Waals surface area contributed by atoms with Crippen molar-refractivity contribution in [3.8, 4) is 0 Å². The Hall–Kier alpha value is -0.810. The van der Waals surface area contributed by atoms with Crippen LogP contribution in [0.25, 0.3) is 0 Å². The van der Waals surface area contributed by atoms with Gasteiger partial charge in [-0.15, -0.1) is 12.4 Å². The Bertz CT molecular complexity index is 246. The Morgan fingerprint density at radius 2 is 1.29 bits per heavy atom. The van der Waals surface area contributed by atoms with Gasteiger partial charge in [-0.05, 0) is 6.92 Å². The molecule has 0 bridgehead atoms. The number of hydrogen-bond donors (Lipinski definition) is 1. The third kappa shape index (κ3) is 4.16. The van der Waals surface area contributed by atoms with Gasteiger partial charge in [0.05, 0.1) is 6.04 Å². The second kappa shape index (κ2) is 6.81. The number of nitrogens with zero attached hydrogens (tertiary/aromatic N) is 2. The summed E-state index contributed by atoms with van der Waals surface area (Å²) in [5.74, 6) is 0.153. The standard InChI is InChI=1S/C11H21N3O2.ClH/c1-8(2)10(15)13-4-6-14(7-5-13)11(16)9(3)12;/h8-9H,4-7,12H2,1-3H3;1H/t9-;/m1./s1. The lowest BCUT2D eigenvalue weighted by molar-refractivity contribution is -0.141. The van der Waals surface area contributed by atoms with E-state index in [0.29, 0.717) is 26.2 Å². The molecule has 1 heterocycles. The van der Waals surface area contributed by atoms with E-state index in [2.05, 4.69) is 0 Å². The van der Waals surface area contributed by atoms with Crippen molar-refractivity contribution < 1.29 is 9.59 Å². The van der Waals surface area contributed by atoms with E-state index in [0.717, 1.165) is 0 Å². The molecule has 1 atom stereocenters. The van der Waals surface area contributed by atoms with E-state index < -0.39 is 6.04 Å². The molecular weight excluding hydrogens is 242 g/mol. The van der Waals surface area contributed by atoms with Crippen molar-refractivity contribution in [1.82, 2.24) is 9.80 Å². The molecule has 5 nitrogen and oxygen atoms in total. The van der Waals surface area contributed by atoms with Crippen molar-refractivity contribution in [3.63, 3.8) is 0 Å². The minimum atomic E-state index is -0.452. The Balaban J connectivity index is 0.00000256. The van der Waals surface area contributed by atoms with E-state index in [-0.39, 0.29) is 30.1 Å². The van der Waals surface area contributed by atoms with Crippen molar-refractivity contribution in [2.75, 3.05) is 26.2 Å². The van der Waals surface area contributed by atoms with Crippen LogP contribution in [0.1, 0.15) is 20.8 Å². The van der Waals surface area contributed by atoms with Gasteiger partial charge in [-0.3, -0.25) is 9.59 Å². The molecule has 100 valence electrons. The molecule has 0 spiro atoms. The Labute approximate surface area is 109 Å². The zero-order chi connectivity index (χ0) is 12.3. The zero-order valence-corrected chi connectivity index (χ0v) is 11.5. The highest BCUT2D eigenvalue weighted by Gasteiger charge is 2.26. The first-order valence-electron chi connectivity index (χ1n) is 5.76. The highest BCUT2D eigenvalue weighted by atomic mass is 35.5. The number of hydrogen-bond acceptors (Lipinski definition) is 3. The topological polar surface area (TPSA) is 66.6 Å². The summed E-state index contributed by atoms with van der Waals surface area (Å²) in [6, 6.07) is -0.452. The number of halogens is 1. The van der Waals surface area contributed by atoms with Crippen molar-refractivity contribution in [2.45, 2.75) is 26.8 Å². The second-order valence-corrected chi connectivity index (χ2v) is 4.59. The molecule has 1 aliphatic rings. The summed E-state index contributed by atoms with van der Waals surface area (Å²) in [7, 11) is 0. The van der Waals surface area contributed by atoms with Gasteiger partial charge < -0.3 is 15.5 Å². The molecule has 1 saturated heterocycles. The lowest BCUT2D eigenvalue weighted by Crippen LogP contribution is -2.54. The van der Waals surface area contributed by atoms with Gasteiger partial charge in [-0.1, -0.05) is 13.8 Å². The molecule has 0 aromatic rings. The lowest BCUT2D eigenvalue weighted by Gasteiger charge is -2.36. The Morgan fingerprint density at radius 1 is 0.941 bits per heavy atom.